The second kappa shape index (κ2) is 11.3. The highest BCUT2D eigenvalue weighted by Crippen LogP contribution is 2.53. The van der Waals surface area contributed by atoms with Gasteiger partial charge in [-0.2, -0.15) is 0 Å². The van der Waals surface area contributed by atoms with Crippen LogP contribution in [0.15, 0.2) is 164 Å². The first-order chi connectivity index (χ1) is 26.3. The van der Waals surface area contributed by atoms with E-state index in [1.54, 1.807) is 0 Å². The first kappa shape index (κ1) is 31.6. The van der Waals surface area contributed by atoms with Gasteiger partial charge in [0.25, 0.3) is 0 Å². The molecule has 258 valence electrons. The largest absolute Gasteiger partial charge is 0.310 e. The van der Waals surface area contributed by atoms with Crippen LogP contribution in [0.2, 0.25) is 0 Å². The molecule has 8 aromatic carbocycles. The van der Waals surface area contributed by atoms with Gasteiger partial charge >= 0.3 is 0 Å². The van der Waals surface area contributed by atoms with Gasteiger partial charge in [0.15, 0.2) is 0 Å². The van der Waals surface area contributed by atoms with E-state index in [0.717, 1.165) is 17.1 Å². The number of rotatable bonds is 4. The molecule has 2 heteroatoms. The highest BCUT2D eigenvalue weighted by atomic mass is 32.1. The summed E-state index contributed by atoms with van der Waals surface area (Å²) in [7, 11) is 0. The van der Waals surface area contributed by atoms with E-state index in [4.69, 9.17) is 0 Å². The number of hydrogen-bond donors (Lipinski definition) is 0. The van der Waals surface area contributed by atoms with Crippen LogP contribution in [0, 0.1) is 0 Å². The van der Waals surface area contributed by atoms with Crippen LogP contribution in [-0.4, -0.2) is 0 Å². The van der Waals surface area contributed by atoms with Crippen molar-refractivity contribution < 1.29 is 0 Å². The summed E-state index contributed by atoms with van der Waals surface area (Å²) in [4.78, 5) is 2.45. The van der Waals surface area contributed by atoms with Crippen LogP contribution in [0.3, 0.4) is 0 Å². The zero-order valence-corrected chi connectivity index (χ0v) is 31.8. The van der Waals surface area contributed by atoms with E-state index >= 15 is 0 Å². The van der Waals surface area contributed by atoms with E-state index in [9.17, 15) is 0 Å². The lowest BCUT2D eigenvalue weighted by Gasteiger charge is -2.28. The Labute approximate surface area is 320 Å². The molecule has 0 unspecified atom stereocenters. The maximum Gasteiger partial charge on any atom is 0.0468 e. The Bertz CT molecular complexity index is 2890. The lowest BCUT2D eigenvalue weighted by Crippen LogP contribution is -2.16. The molecule has 0 aliphatic heterocycles. The van der Waals surface area contributed by atoms with Crippen molar-refractivity contribution in [1.29, 1.82) is 0 Å². The summed E-state index contributed by atoms with van der Waals surface area (Å²) in [6, 6.07) is 61.6. The summed E-state index contributed by atoms with van der Waals surface area (Å²) in [6.07, 6.45) is 0. The number of thiophene rings is 1. The third-order valence-corrected chi connectivity index (χ3v) is 13.6. The zero-order valence-electron chi connectivity index (χ0n) is 30.9. The highest BCUT2D eigenvalue weighted by molar-refractivity contribution is 7.26. The summed E-state index contributed by atoms with van der Waals surface area (Å²) in [6.45, 7) is 9.41. The van der Waals surface area contributed by atoms with Crippen molar-refractivity contribution in [2.75, 3.05) is 4.90 Å². The van der Waals surface area contributed by atoms with Gasteiger partial charge in [-0.15, -0.1) is 11.3 Å². The summed E-state index contributed by atoms with van der Waals surface area (Å²) < 4.78 is 2.68. The molecule has 0 saturated heterocycles. The molecule has 0 bridgehead atoms. The van der Waals surface area contributed by atoms with Crippen molar-refractivity contribution in [1.82, 2.24) is 0 Å². The first-order valence-corrected chi connectivity index (χ1v) is 19.8. The fourth-order valence-electron chi connectivity index (χ4n) is 9.67. The molecule has 0 radical (unpaired) electrons. The Morgan fingerprint density at radius 3 is 1.56 bits per heavy atom. The van der Waals surface area contributed by atoms with Crippen molar-refractivity contribution in [3.05, 3.63) is 186 Å². The van der Waals surface area contributed by atoms with Crippen LogP contribution in [-0.2, 0) is 10.8 Å². The van der Waals surface area contributed by atoms with Crippen molar-refractivity contribution in [2.45, 2.75) is 38.5 Å². The van der Waals surface area contributed by atoms with Gasteiger partial charge in [0.2, 0.25) is 0 Å². The van der Waals surface area contributed by atoms with Gasteiger partial charge in [0.05, 0.1) is 0 Å². The Balaban J connectivity index is 1.06. The van der Waals surface area contributed by atoms with Gasteiger partial charge in [-0.25, -0.2) is 0 Å². The molecule has 2 aliphatic rings. The van der Waals surface area contributed by atoms with Gasteiger partial charge in [0.1, 0.15) is 0 Å². The Kier molecular flexibility index (Phi) is 6.59. The zero-order chi connectivity index (χ0) is 36.3. The third kappa shape index (κ3) is 4.44. The standard InChI is InChI=1S/C52H39NS/c1-51(2)44-14-8-5-11-38(44)42-30-36(24-26-46(42)51)53(37-25-27-47-43(31-37)39-12-6-9-15-45(39)52(47,3)4)35-22-19-32(20-23-35)34-18-17-33-21-28-49-50(41(33)29-34)40-13-7-10-16-48(40)54-49/h5-31H,1-4H3. The van der Waals surface area contributed by atoms with Crippen LogP contribution < -0.4 is 4.90 Å². The van der Waals surface area contributed by atoms with Crippen molar-refractivity contribution >= 4 is 59.3 Å². The molecule has 2 aliphatic carbocycles. The summed E-state index contributed by atoms with van der Waals surface area (Å²) in [5, 5.41) is 5.29. The minimum absolute atomic E-state index is 0.0411. The van der Waals surface area contributed by atoms with E-state index in [1.165, 1.54) is 86.6 Å². The molecule has 0 amide bonds. The van der Waals surface area contributed by atoms with E-state index in [2.05, 4.69) is 196 Å². The number of hydrogen-bond acceptors (Lipinski definition) is 2. The molecule has 0 saturated carbocycles. The quantitative estimate of drug-likeness (QED) is 0.176. The predicted octanol–water partition coefficient (Wildman–Crippen LogP) is 15.0. The maximum absolute atomic E-state index is 2.45. The molecule has 1 heterocycles. The Morgan fingerprint density at radius 2 is 0.907 bits per heavy atom. The predicted molar refractivity (Wildman–Crippen MR) is 232 cm³/mol. The molecule has 0 fully saturated rings. The smallest absolute Gasteiger partial charge is 0.0468 e. The molecule has 11 rings (SSSR count). The van der Waals surface area contributed by atoms with Crippen LogP contribution in [0.5, 0.6) is 0 Å². The fourth-order valence-corrected chi connectivity index (χ4v) is 10.8. The average Bonchev–Trinajstić information content (AvgIpc) is 3.78. The van der Waals surface area contributed by atoms with Crippen molar-refractivity contribution in [3.63, 3.8) is 0 Å². The lowest BCUT2D eigenvalue weighted by molar-refractivity contribution is 0.660. The molecular weight excluding hydrogens is 671 g/mol. The van der Waals surface area contributed by atoms with Crippen molar-refractivity contribution in [3.8, 4) is 33.4 Å². The SMILES string of the molecule is CC1(C)c2ccccc2-c2cc(N(c3ccc(-c4ccc5ccc6sc7ccccc7c6c5c4)cc3)c3ccc4c(c3)-c3ccccc3C4(C)C)ccc21. The van der Waals surface area contributed by atoms with E-state index < -0.39 is 0 Å². The first-order valence-electron chi connectivity index (χ1n) is 19.0. The summed E-state index contributed by atoms with van der Waals surface area (Å²) in [5.74, 6) is 0. The molecule has 54 heavy (non-hydrogen) atoms. The molecule has 9 aromatic rings. The van der Waals surface area contributed by atoms with Crippen molar-refractivity contribution in [2.24, 2.45) is 0 Å². The summed E-state index contributed by atoms with van der Waals surface area (Å²) >= 11 is 1.88. The maximum atomic E-state index is 2.45. The molecule has 1 aromatic heterocycles. The minimum Gasteiger partial charge on any atom is -0.310 e. The van der Waals surface area contributed by atoms with Crippen LogP contribution in [0.1, 0.15) is 49.9 Å². The van der Waals surface area contributed by atoms with Crippen LogP contribution in [0.4, 0.5) is 17.1 Å². The Morgan fingerprint density at radius 1 is 0.389 bits per heavy atom. The molecular formula is C52H39NS. The second-order valence-corrected chi connectivity index (χ2v) is 17.2. The monoisotopic (exact) mass is 709 g/mol. The normalized spacial score (nSPS) is 14.6. The lowest BCUT2D eigenvalue weighted by atomic mass is 9.82. The molecule has 0 N–H and O–H groups in total. The van der Waals surface area contributed by atoms with Gasteiger partial charge in [0, 0.05) is 48.1 Å². The fraction of sp³-hybridized carbons (Fsp3) is 0.115. The number of anilines is 3. The van der Waals surface area contributed by atoms with Gasteiger partial charge in [-0.1, -0.05) is 137 Å². The van der Waals surface area contributed by atoms with E-state index in [0.29, 0.717) is 0 Å². The Hall–Kier alpha value is -5.96. The van der Waals surface area contributed by atoms with Gasteiger partial charge < -0.3 is 4.90 Å². The average molecular weight is 710 g/mol. The second-order valence-electron chi connectivity index (χ2n) is 16.2. The number of benzene rings is 8. The number of nitrogens with zero attached hydrogens (tertiary/aromatic N) is 1. The number of fused-ring (bicyclic) bond motifs is 11. The highest BCUT2D eigenvalue weighted by Gasteiger charge is 2.37. The molecule has 1 nitrogen and oxygen atoms in total. The minimum atomic E-state index is -0.0411. The van der Waals surface area contributed by atoms with Crippen LogP contribution in [0.25, 0.3) is 64.3 Å². The molecule has 0 atom stereocenters. The van der Waals surface area contributed by atoms with Gasteiger partial charge in [-0.3, -0.25) is 0 Å². The van der Waals surface area contributed by atoms with Gasteiger partial charge in [-0.05, 0) is 121 Å². The molecule has 0 spiro atoms. The van der Waals surface area contributed by atoms with Crippen LogP contribution >= 0.6 is 11.3 Å². The third-order valence-electron chi connectivity index (χ3n) is 12.5. The van der Waals surface area contributed by atoms with E-state index in [-0.39, 0.29) is 10.8 Å². The topological polar surface area (TPSA) is 3.24 Å². The van der Waals surface area contributed by atoms with E-state index in [1.807, 2.05) is 11.3 Å². The summed E-state index contributed by atoms with van der Waals surface area (Å²) in [5.41, 5.74) is 16.7.